The standard InChI is InChI=1S/C7H12N2O5/c1-7(9,6(13)14)5(12)3(8)2-4(10)11/h3H,2,8-9H2,1H3,(H,10,11)(H,13,14)/t3-,7+/m1/s1. The quantitative estimate of drug-likeness (QED) is 0.385. The topological polar surface area (TPSA) is 144 Å². The van der Waals surface area contributed by atoms with Gasteiger partial charge in [-0.05, 0) is 6.92 Å². The first-order valence-corrected chi connectivity index (χ1v) is 3.73. The summed E-state index contributed by atoms with van der Waals surface area (Å²) in [5.41, 5.74) is 8.18. The van der Waals surface area contributed by atoms with Gasteiger partial charge >= 0.3 is 11.9 Å². The van der Waals surface area contributed by atoms with Gasteiger partial charge in [0.05, 0.1) is 12.5 Å². The molecule has 14 heavy (non-hydrogen) atoms. The number of rotatable bonds is 5. The highest BCUT2D eigenvalue weighted by molar-refractivity contribution is 6.10. The van der Waals surface area contributed by atoms with Crippen molar-refractivity contribution in [2.24, 2.45) is 11.5 Å². The van der Waals surface area contributed by atoms with Crippen LogP contribution in [0.5, 0.6) is 0 Å². The molecule has 2 atom stereocenters. The molecule has 0 heterocycles. The van der Waals surface area contributed by atoms with E-state index in [1.54, 1.807) is 0 Å². The number of carboxylic acids is 2. The van der Waals surface area contributed by atoms with Crippen LogP contribution in [-0.2, 0) is 14.4 Å². The molecule has 7 heteroatoms. The maximum atomic E-state index is 11.2. The lowest BCUT2D eigenvalue weighted by Gasteiger charge is -2.20. The molecule has 7 nitrogen and oxygen atoms in total. The van der Waals surface area contributed by atoms with Gasteiger partial charge in [0.2, 0.25) is 0 Å². The molecule has 0 fully saturated rings. The maximum Gasteiger partial charge on any atom is 0.331 e. The highest BCUT2D eigenvalue weighted by Crippen LogP contribution is 2.06. The van der Waals surface area contributed by atoms with Crippen molar-refractivity contribution in [3.05, 3.63) is 0 Å². The average molecular weight is 204 g/mol. The highest BCUT2D eigenvalue weighted by Gasteiger charge is 2.40. The summed E-state index contributed by atoms with van der Waals surface area (Å²) in [6.07, 6.45) is -0.640. The summed E-state index contributed by atoms with van der Waals surface area (Å²) in [6, 6.07) is -1.40. The third-order valence-electron chi connectivity index (χ3n) is 1.69. The van der Waals surface area contributed by atoms with Gasteiger partial charge in [-0.2, -0.15) is 0 Å². The molecule has 0 rings (SSSR count). The molecule has 6 N–H and O–H groups in total. The van der Waals surface area contributed by atoms with Gasteiger partial charge in [0.1, 0.15) is 0 Å². The van der Waals surface area contributed by atoms with Crippen molar-refractivity contribution in [3.63, 3.8) is 0 Å². The lowest BCUT2D eigenvalue weighted by Crippen LogP contribution is -2.58. The van der Waals surface area contributed by atoms with Crippen molar-refractivity contribution >= 4 is 17.7 Å². The van der Waals surface area contributed by atoms with Crippen LogP contribution < -0.4 is 11.5 Å². The molecule has 0 aliphatic carbocycles. The molecule has 0 spiro atoms. The van der Waals surface area contributed by atoms with E-state index in [4.69, 9.17) is 21.7 Å². The first-order valence-electron chi connectivity index (χ1n) is 3.73. The Morgan fingerprint density at radius 2 is 1.79 bits per heavy atom. The minimum atomic E-state index is -2.14. The van der Waals surface area contributed by atoms with Gasteiger partial charge in [0, 0.05) is 0 Å². The van der Waals surface area contributed by atoms with Gasteiger partial charge in [0.15, 0.2) is 11.3 Å². The number of hydrogen-bond acceptors (Lipinski definition) is 5. The van der Waals surface area contributed by atoms with Gasteiger partial charge in [-0.1, -0.05) is 0 Å². The predicted octanol–water partition coefficient (Wildman–Crippen LogP) is -1.84. The fourth-order valence-electron chi connectivity index (χ4n) is 0.771. The molecule has 0 aliphatic rings. The lowest BCUT2D eigenvalue weighted by atomic mass is 9.91. The van der Waals surface area contributed by atoms with Crippen LogP contribution in [0.3, 0.4) is 0 Å². The number of hydrogen-bond donors (Lipinski definition) is 4. The fourth-order valence-corrected chi connectivity index (χ4v) is 0.771. The Morgan fingerprint density at radius 1 is 1.36 bits per heavy atom. The summed E-state index contributed by atoms with van der Waals surface area (Å²) < 4.78 is 0. The highest BCUT2D eigenvalue weighted by atomic mass is 16.4. The Kier molecular flexibility index (Phi) is 3.72. The zero-order chi connectivity index (χ0) is 11.5. The van der Waals surface area contributed by atoms with Crippen molar-refractivity contribution < 1.29 is 24.6 Å². The first-order chi connectivity index (χ1) is 6.19. The minimum absolute atomic E-state index is 0.640. The van der Waals surface area contributed by atoms with E-state index in [2.05, 4.69) is 0 Å². The number of carbonyl (C=O) groups excluding carboxylic acids is 1. The smallest absolute Gasteiger partial charge is 0.331 e. The molecular weight excluding hydrogens is 192 g/mol. The van der Waals surface area contributed by atoms with E-state index in [0.717, 1.165) is 6.92 Å². The Bertz CT molecular complexity index is 273. The van der Waals surface area contributed by atoms with Gasteiger partial charge in [-0.15, -0.1) is 0 Å². The number of carbonyl (C=O) groups is 3. The number of Topliss-reactive ketones (excluding diaryl/α,β-unsaturated/α-hetero) is 1. The van der Waals surface area contributed by atoms with E-state index in [-0.39, 0.29) is 0 Å². The van der Waals surface area contributed by atoms with Gasteiger partial charge < -0.3 is 21.7 Å². The Morgan fingerprint density at radius 3 is 2.07 bits per heavy atom. The SMILES string of the molecule is C[C@@](N)(C(=O)O)C(=O)[C@H](N)CC(=O)O. The number of nitrogens with two attached hydrogens (primary N) is 2. The second-order valence-electron chi connectivity index (χ2n) is 3.08. The van der Waals surface area contributed by atoms with E-state index in [9.17, 15) is 14.4 Å². The van der Waals surface area contributed by atoms with Gasteiger partial charge in [0.25, 0.3) is 0 Å². The molecule has 0 aromatic carbocycles. The average Bonchev–Trinajstić information content (AvgIpc) is 2.01. The maximum absolute atomic E-state index is 11.2. The van der Waals surface area contributed by atoms with Crippen LogP contribution in [0.25, 0.3) is 0 Å². The van der Waals surface area contributed by atoms with Crippen LogP contribution >= 0.6 is 0 Å². The summed E-state index contributed by atoms with van der Waals surface area (Å²) in [4.78, 5) is 31.9. The summed E-state index contributed by atoms with van der Waals surface area (Å²) in [6.45, 7) is 0.972. The predicted molar refractivity (Wildman–Crippen MR) is 45.5 cm³/mol. The van der Waals surface area contributed by atoms with E-state index in [1.807, 2.05) is 0 Å². The van der Waals surface area contributed by atoms with Crippen molar-refractivity contribution in [1.29, 1.82) is 0 Å². The normalized spacial score (nSPS) is 16.8. The second kappa shape index (κ2) is 4.16. The van der Waals surface area contributed by atoms with Crippen LogP contribution in [0.4, 0.5) is 0 Å². The third kappa shape index (κ3) is 2.79. The fraction of sp³-hybridized carbons (Fsp3) is 0.571. The molecule has 0 aromatic rings. The van der Waals surface area contributed by atoms with Crippen LogP contribution in [0.15, 0.2) is 0 Å². The third-order valence-corrected chi connectivity index (χ3v) is 1.69. The monoisotopic (exact) mass is 204 g/mol. The number of carboxylic acid groups (broad SMARTS) is 2. The van der Waals surface area contributed by atoms with Gasteiger partial charge in [-0.25, -0.2) is 4.79 Å². The summed E-state index contributed by atoms with van der Waals surface area (Å²) in [7, 11) is 0. The molecule has 0 radical (unpaired) electrons. The summed E-state index contributed by atoms with van der Waals surface area (Å²) >= 11 is 0. The van der Waals surface area contributed by atoms with E-state index >= 15 is 0 Å². The van der Waals surface area contributed by atoms with Crippen molar-refractivity contribution in [2.45, 2.75) is 24.9 Å². The number of ketones is 1. The zero-order valence-electron chi connectivity index (χ0n) is 7.56. The van der Waals surface area contributed by atoms with Crippen LogP contribution in [0.1, 0.15) is 13.3 Å². The summed E-state index contributed by atoms with van der Waals surface area (Å²) in [5.74, 6) is -3.83. The molecule has 0 unspecified atom stereocenters. The largest absolute Gasteiger partial charge is 0.481 e. The molecule has 0 amide bonds. The first kappa shape index (κ1) is 12.5. The molecule has 0 aliphatic heterocycles. The Labute approximate surface area is 79.7 Å². The zero-order valence-corrected chi connectivity index (χ0v) is 7.56. The van der Waals surface area contributed by atoms with Crippen LogP contribution in [0, 0.1) is 0 Å². The van der Waals surface area contributed by atoms with E-state index in [1.165, 1.54) is 0 Å². The Balaban J connectivity index is 4.61. The van der Waals surface area contributed by atoms with Crippen LogP contribution in [-0.4, -0.2) is 39.5 Å². The molecule has 0 saturated heterocycles. The molecule has 0 saturated carbocycles. The van der Waals surface area contributed by atoms with Gasteiger partial charge in [-0.3, -0.25) is 9.59 Å². The Hall–Kier alpha value is -1.47. The van der Waals surface area contributed by atoms with Crippen molar-refractivity contribution in [1.82, 2.24) is 0 Å². The lowest BCUT2D eigenvalue weighted by molar-refractivity contribution is -0.149. The van der Waals surface area contributed by atoms with Crippen LogP contribution in [0.2, 0.25) is 0 Å². The van der Waals surface area contributed by atoms with Crippen molar-refractivity contribution in [2.75, 3.05) is 0 Å². The van der Waals surface area contributed by atoms with E-state index in [0.29, 0.717) is 0 Å². The number of aliphatic carboxylic acids is 2. The molecule has 80 valence electrons. The second-order valence-corrected chi connectivity index (χ2v) is 3.08. The molecule has 0 bridgehead atoms. The summed E-state index contributed by atoms with van der Waals surface area (Å²) in [5, 5.41) is 16.9. The van der Waals surface area contributed by atoms with E-state index < -0.39 is 35.7 Å². The molecular formula is C7H12N2O5. The van der Waals surface area contributed by atoms with Crippen molar-refractivity contribution in [3.8, 4) is 0 Å². The minimum Gasteiger partial charge on any atom is -0.481 e. The molecule has 0 aromatic heterocycles.